The van der Waals surface area contributed by atoms with Gasteiger partial charge in [0, 0.05) is 10.5 Å². The molecule has 0 unspecified atom stereocenters. The lowest BCUT2D eigenvalue weighted by Gasteiger charge is -2.20. The highest BCUT2D eigenvalue weighted by Crippen LogP contribution is 2.35. The SMILES string of the molecule is N#CC1=C(c2ccccc2)/C(=N\Nc2ccc(N=Nc3ccc(SOOO)cc3)cc2S(=O)(=O)O)C(=O)n2c1nc1ccccc12. The van der Waals surface area contributed by atoms with E-state index in [1.165, 1.54) is 16.7 Å². The first-order chi connectivity index (χ1) is 22.3. The Morgan fingerprint density at radius 3 is 2.35 bits per heavy atom. The monoisotopic (exact) mass is 653 g/mol. The van der Waals surface area contributed by atoms with Crippen LogP contribution in [0, 0.1) is 11.3 Å². The number of rotatable bonds is 9. The van der Waals surface area contributed by atoms with Gasteiger partial charge in [-0.15, -0.1) is 4.33 Å². The fourth-order valence-electron chi connectivity index (χ4n) is 4.67. The number of nitrogens with zero attached hydrogens (tertiary/aromatic N) is 6. The van der Waals surface area contributed by atoms with Crippen LogP contribution in [-0.4, -0.2) is 39.4 Å². The smallest absolute Gasteiger partial charge is 0.282 e. The molecule has 228 valence electrons. The molecule has 16 heteroatoms. The van der Waals surface area contributed by atoms with Crippen LogP contribution < -0.4 is 5.43 Å². The van der Waals surface area contributed by atoms with E-state index in [1.54, 1.807) is 78.9 Å². The number of fused-ring (bicyclic) bond motifs is 3. The van der Waals surface area contributed by atoms with Gasteiger partial charge in [-0.25, -0.2) is 10.2 Å². The molecular formula is C30H19N7O7S2. The van der Waals surface area contributed by atoms with Gasteiger partial charge in [-0.3, -0.25) is 19.3 Å². The molecule has 5 aromatic rings. The van der Waals surface area contributed by atoms with E-state index in [0.29, 0.717) is 27.2 Å². The van der Waals surface area contributed by atoms with E-state index in [4.69, 9.17) is 5.26 Å². The highest BCUT2D eigenvalue weighted by molar-refractivity contribution is 7.94. The maximum atomic E-state index is 14.0. The van der Waals surface area contributed by atoms with E-state index in [2.05, 4.69) is 41.2 Å². The zero-order valence-corrected chi connectivity index (χ0v) is 24.8. The van der Waals surface area contributed by atoms with Gasteiger partial charge in [0.15, 0.2) is 11.5 Å². The average Bonchev–Trinajstić information content (AvgIpc) is 3.46. The molecule has 1 aliphatic rings. The highest BCUT2D eigenvalue weighted by Gasteiger charge is 2.35. The molecule has 0 amide bonds. The third kappa shape index (κ3) is 6.05. The predicted molar refractivity (Wildman–Crippen MR) is 168 cm³/mol. The van der Waals surface area contributed by atoms with Crippen LogP contribution in [0.2, 0.25) is 0 Å². The number of allylic oxidation sites excluding steroid dienone is 2. The molecule has 0 aliphatic carbocycles. The van der Waals surface area contributed by atoms with Gasteiger partial charge in [-0.2, -0.15) is 29.0 Å². The number of nitriles is 1. The molecule has 2 heterocycles. The second-order valence-corrected chi connectivity index (χ2v) is 11.6. The Labute approximate surface area is 264 Å². The maximum Gasteiger partial charge on any atom is 0.296 e. The van der Waals surface area contributed by atoms with E-state index in [1.807, 2.05) is 0 Å². The molecule has 1 aromatic heterocycles. The summed E-state index contributed by atoms with van der Waals surface area (Å²) in [5.41, 5.74) is 4.51. The lowest BCUT2D eigenvalue weighted by molar-refractivity contribution is -0.432. The van der Waals surface area contributed by atoms with Crippen LogP contribution in [0.1, 0.15) is 16.2 Å². The predicted octanol–water partition coefficient (Wildman–Crippen LogP) is 6.68. The van der Waals surface area contributed by atoms with E-state index < -0.39 is 20.9 Å². The summed E-state index contributed by atoms with van der Waals surface area (Å²) in [7, 11) is -4.82. The lowest BCUT2D eigenvalue weighted by atomic mass is 9.92. The summed E-state index contributed by atoms with van der Waals surface area (Å²) in [5.74, 6) is -0.450. The molecule has 0 saturated heterocycles. The molecule has 0 saturated carbocycles. The van der Waals surface area contributed by atoms with Crippen LogP contribution in [0.15, 0.2) is 122 Å². The van der Waals surface area contributed by atoms with Gasteiger partial charge in [0.1, 0.15) is 16.5 Å². The highest BCUT2D eigenvalue weighted by atomic mass is 32.2. The molecular weight excluding hydrogens is 635 g/mol. The third-order valence-electron chi connectivity index (χ3n) is 6.66. The summed E-state index contributed by atoms with van der Waals surface area (Å²) in [6, 6.07) is 27.9. The van der Waals surface area contributed by atoms with Crippen molar-refractivity contribution in [2.24, 2.45) is 15.3 Å². The molecule has 0 bridgehead atoms. The third-order valence-corrected chi connectivity index (χ3v) is 8.15. The molecule has 3 N–H and O–H groups in total. The quantitative estimate of drug-likeness (QED) is 0.0503. The normalized spacial score (nSPS) is 14.2. The molecule has 4 aromatic carbocycles. The summed E-state index contributed by atoms with van der Waals surface area (Å²) in [6.07, 6.45) is 0. The molecule has 0 spiro atoms. The molecule has 46 heavy (non-hydrogen) atoms. The van der Waals surface area contributed by atoms with Gasteiger partial charge in [0.05, 0.1) is 40.1 Å². The standard InChI is InChI=1S/C30H19N7O7S2/c31-17-22-27(18-6-2-1-3-7-18)28(30(38)37-25-9-5-4-8-23(25)32-29(22)37)36-35-24-15-12-20(16-26(24)46(40,41)42)34-33-19-10-13-21(14-11-19)45-44-43-39/h1-16,35,39H,(H,40,41,42)/b34-33?,36-28+. The minimum atomic E-state index is -4.82. The first kappa shape index (κ1) is 30.5. The maximum absolute atomic E-state index is 14.0. The topological polar surface area (TPSA) is 201 Å². The summed E-state index contributed by atoms with van der Waals surface area (Å²) in [4.78, 5) is 18.5. The number of aromatic nitrogens is 2. The Balaban J connectivity index is 1.39. The average molecular weight is 654 g/mol. The van der Waals surface area contributed by atoms with Crippen molar-refractivity contribution < 1.29 is 32.4 Å². The number of hydrazone groups is 1. The molecule has 6 rings (SSSR count). The van der Waals surface area contributed by atoms with Crippen molar-refractivity contribution in [2.75, 3.05) is 5.43 Å². The molecule has 14 nitrogen and oxygen atoms in total. The largest absolute Gasteiger partial charge is 0.296 e. The molecule has 0 fully saturated rings. The second kappa shape index (κ2) is 12.8. The van der Waals surface area contributed by atoms with Gasteiger partial charge in [0.2, 0.25) is 0 Å². The number of anilines is 1. The van der Waals surface area contributed by atoms with Crippen LogP contribution in [0.3, 0.4) is 0 Å². The van der Waals surface area contributed by atoms with Crippen molar-refractivity contribution in [2.45, 2.75) is 9.79 Å². The zero-order valence-electron chi connectivity index (χ0n) is 23.2. The number of hydrogen-bond acceptors (Lipinski definition) is 13. The van der Waals surface area contributed by atoms with Gasteiger partial charge >= 0.3 is 0 Å². The number of imidazole rings is 1. The molecule has 0 radical (unpaired) electrons. The second-order valence-electron chi connectivity index (χ2n) is 9.44. The first-order valence-corrected chi connectivity index (χ1v) is 15.3. The Hall–Kier alpha value is -5.54. The van der Waals surface area contributed by atoms with Crippen LogP contribution in [0.5, 0.6) is 0 Å². The zero-order chi connectivity index (χ0) is 32.3. The Bertz CT molecular complexity index is 2230. The van der Waals surface area contributed by atoms with E-state index in [9.17, 15) is 23.0 Å². The van der Waals surface area contributed by atoms with Crippen LogP contribution in [0.4, 0.5) is 17.1 Å². The van der Waals surface area contributed by atoms with Crippen molar-refractivity contribution in [3.63, 3.8) is 0 Å². The van der Waals surface area contributed by atoms with Crippen LogP contribution >= 0.6 is 12.0 Å². The summed E-state index contributed by atoms with van der Waals surface area (Å²) in [6.45, 7) is 0. The minimum absolute atomic E-state index is 0.0844. The van der Waals surface area contributed by atoms with E-state index >= 15 is 0 Å². The number of nitrogens with one attached hydrogen (secondary N) is 1. The molecule has 0 atom stereocenters. The molecule has 1 aliphatic heterocycles. The Kier molecular flexibility index (Phi) is 8.50. The number of carbonyl (C=O) groups excluding carboxylic acids is 1. The fraction of sp³-hybridized carbons (Fsp3) is 0. The Morgan fingerprint density at radius 1 is 0.935 bits per heavy atom. The van der Waals surface area contributed by atoms with Gasteiger partial charge in [-0.1, -0.05) is 47.5 Å². The first-order valence-electron chi connectivity index (χ1n) is 13.1. The fourth-order valence-corrected chi connectivity index (χ4v) is 5.69. The van der Waals surface area contributed by atoms with Crippen molar-refractivity contribution in [3.8, 4) is 6.07 Å². The number of benzene rings is 4. The van der Waals surface area contributed by atoms with Crippen LogP contribution in [-0.2, 0) is 19.5 Å². The number of azo groups is 1. The van der Waals surface area contributed by atoms with Crippen LogP contribution in [0.25, 0.3) is 22.2 Å². The van der Waals surface area contributed by atoms with Gasteiger partial charge in [0.25, 0.3) is 16.0 Å². The minimum Gasteiger partial charge on any atom is -0.282 e. The lowest BCUT2D eigenvalue weighted by Crippen LogP contribution is -2.30. The van der Waals surface area contributed by atoms with Crippen molar-refractivity contribution in [1.29, 1.82) is 5.26 Å². The van der Waals surface area contributed by atoms with Crippen molar-refractivity contribution in [1.82, 2.24) is 9.55 Å². The Morgan fingerprint density at radius 2 is 1.63 bits per heavy atom. The van der Waals surface area contributed by atoms with E-state index in [0.717, 1.165) is 18.1 Å². The van der Waals surface area contributed by atoms with E-state index in [-0.39, 0.29) is 34.1 Å². The number of para-hydroxylation sites is 2. The van der Waals surface area contributed by atoms with Crippen molar-refractivity contribution in [3.05, 3.63) is 108 Å². The number of hydrogen-bond donors (Lipinski definition) is 3. The van der Waals surface area contributed by atoms with Crippen molar-refractivity contribution >= 4 is 73.0 Å². The van der Waals surface area contributed by atoms with Gasteiger partial charge in [-0.05, 0) is 60.2 Å². The summed E-state index contributed by atoms with van der Waals surface area (Å²) < 4.78 is 40.5. The summed E-state index contributed by atoms with van der Waals surface area (Å²) >= 11 is 0.762. The van der Waals surface area contributed by atoms with Gasteiger partial charge < -0.3 is 0 Å². The number of carbonyl (C=O) groups is 1. The summed E-state index contributed by atoms with van der Waals surface area (Å²) in [5, 5.41) is 34.5.